The van der Waals surface area contributed by atoms with E-state index < -0.39 is 21.7 Å². The molecule has 0 saturated carbocycles. The maximum atomic E-state index is 12.6. The summed E-state index contributed by atoms with van der Waals surface area (Å²) in [7, 11) is 0. The van der Waals surface area contributed by atoms with Gasteiger partial charge in [-0.1, -0.05) is 24.3 Å². The average Bonchev–Trinajstić information content (AvgIpc) is 2.89. The molecule has 10 nitrogen and oxygen atoms in total. The summed E-state index contributed by atoms with van der Waals surface area (Å²) >= 11 is 0. The molecule has 0 aromatic heterocycles. The molecule has 4 rings (SSSR count). The van der Waals surface area contributed by atoms with Crippen molar-refractivity contribution in [1.82, 2.24) is 0 Å². The molecule has 0 aliphatic heterocycles. The van der Waals surface area contributed by atoms with Gasteiger partial charge in [0.1, 0.15) is 0 Å². The maximum Gasteiger partial charge on any atom is 0.270 e. The number of nitrogens with zero attached hydrogens (tertiary/aromatic N) is 2. The van der Waals surface area contributed by atoms with Crippen molar-refractivity contribution in [3.8, 4) is 11.1 Å². The molecule has 0 spiro atoms. The van der Waals surface area contributed by atoms with Crippen LogP contribution in [0.4, 0.5) is 22.7 Å². The standard InChI is InChI=1S/C28H22N4O6/c1-17-13-21(29-27(33)19-5-3-7-23(15-19)31(35)36)9-11-25(17)26-12-10-22(14-18(26)2)30-28(34)20-6-4-8-24(16-20)32(37)38/h3-16H,1-2H3,(H,29,33)(H,30,34). The third-order valence-electron chi connectivity index (χ3n) is 5.90. The first-order chi connectivity index (χ1) is 18.1. The number of nitrogens with one attached hydrogen (secondary N) is 2. The second-order valence-electron chi connectivity index (χ2n) is 8.58. The molecule has 4 aromatic rings. The van der Waals surface area contributed by atoms with Crippen molar-refractivity contribution in [2.45, 2.75) is 13.8 Å². The molecule has 0 radical (unpaired) electrons. The van der Waals surface area contributed by atoms with Gasteiger partial charge in [0.15, 0.2) is 0 Å². The molecular formula is C28H22N4O6. The van der Waals surface area contributed by atoms with E-state index in [1.165, 1.54) is 48.5 Å². The largest absolute Gasteiger partial charge is 0.322 e. The number of hydrogen-bond acceptors (Lipinski definition) is 6. The van der Waals surface area contributed by atoms with Gasteiger partial charge in [-0.15, -0.1) is 0 Å². The molecule has 0 saturated heterocycles. The smallest absolute Gasteiger partial charge is 0.270 e. The summed E-state index contributed by atoms with van der Waals surface area (Å²) < 4.78 is 0. The minimum Gasteiger partial charge on any atom is -0.322 e. The average molecular weight is 511 g/mol. The van der Waals surface area contributed by atoms with Crippen LogP contribution in [0.1, 0.15) is 31.8 Å². The zero-order chi connectivity index (χ0) is 27.4. The zero-order valence-corrected chi connectivity index (χ0v) is 20.4. The fraction of sp³-hybridized carbons (Fsp3) is 0.0714. The summed E-state index contributed by atoms with van der Waals surface area (Å²) in [6, 6.07) is 21.8. The molecule has 0 heterocycles. The Balaban J connectivity index is 1.49. The molecule has 2 amide bonds. The molecule has 0 aliphatic rings. The predicted octanol–water partition coefficient (Wildman–Crippen LogP) is 6.29. The molecule has 0 unspecified atom stereocenters. The second-order valence-corrected chi connectivity index (χ2v) is 8.58. The number of anilines is 2. The van der Waals surface area contributed by atoms with Crippen molar-refractivity contribution >= 4 is 34.6 Å². The third kappa shape index (κ3) is 5.71. The highest BCUT2D eigenvalue weighted by molar-refractivity contribution is 6.05. The van der Waals surface area contributed by atoms with Gasteiger partial charge in [0.25, 0.3) is 23.2 Å². The minimum absolute atomic E-state index is 0.163. The monoisotopic (exact) mass is 510 g/mol. The summed E-state index contributed by atoms with van der Waals surface area (Å²) in [6.07, 6.45) is 0. The fourth-order valence-corrected chi connectivity index (χ4v) is 4.02. The first-order valence-electron chi connectivity index (χ1n) is 11.5. The van der Waals surface area contributed by atoms with E-state index >= 15 is 0 Å². The lowest BCUT2D eigenvalue weighted by molar-refractivity contribution is -0.385. The maximum absolute atomic E-state index is 12.6. The number of amides is 2. The predicted molar refractivity (Wildman–Crippen MR) is 143 cm³/mol. The number of carbonyl (C=O) groups is 2. The van der Waals surface area contributed by atoms with Crippen molar-refractivity contribution in [3.63, 3.8) is 0 Å². The van der Waals surface area contributed by atoms with Crippen LogP contribution in [0, 0.1) is 34.1 Å². The van der Waals surface area contributed by atoms with Crippen LogP contribution in [-0.2, 0) is 0 Å². The van der Waals surface area contributed by atoms with Crippen LogP contribution >= 0.6 is 0 Å². The van der Waals surface area contributed by atoms with Gasteiger partial charge in [-0.3, -0.25) is 29.8 Å². The number of rotatable bonds is 7. The van der Waals surface area contributed by atoms with Crippen LogP contribution in [0.2, 0.25) is 0 Å². The van der Waals surface area contributed by atoms with Gasteiger partial charge in [0.05, 0.1) is 9.85 Å². The Hall–Kier alpha value is -5.38. The van der Waals surface area contributed by atoms with E-state index in [1.54, 1.807) is 12.1 Å². The molecule has 0 atom stereocenters. The second kappa shape index (κ2) is 10.7. The lowest BCUT2D eigenvalue weighted by Crippen LogP contribution is -2.12. The van der Waals surface area contributed by atoms with Gasteiger partial charge in [-0.05, 0) is 72.5 Å². The highest BCUT2D eigenvalue weighted by atomic mass is 16.6. The summed E-state index contributed by atoms with van der Waals surface area (Å²) in [5.41, 5.74) is 4.74. The van der Waals surface area contributed by atoms with E-state index in [0.717, 1.165) is 22.3 Å². The van der Waals surface area contributed by atoms with Gasteiger partial charge in [0.2, 0.25) is 0 Å². The number of aryl methyl sites for hydroxylation is 2. The molecule has 0 aliphatic carbocycles. The molecule has 2 N–H and O–H groups in total. The Kier molecular flexibility index (Phi) is 7.24. The van der Waals surface area contributed by atoms with Gasteiger partial charge in [0, 0.05) is 46.8 Å². The Bertz CT molecular complexity index is 1480. The van der Waals surface area contributed by atoms with Gasteiger partial charge in [-0.25, -0.2) is 0 Å². The Morgan fingerprint density at radius 2 is 1.00 bits per heavy atom. The normalized spacial score (nSPS) is 10.5. The number of nitro groups is 2. The number of carbonyl (C=O) groups excluding carboxylic acids is 2. The molecule has 0 fully saturated rings. The highest BCUT2D eigenvalue weighted by Crippen LogP contribution is 2.31. The summed E-state index contributed by atoms with van der Waals surface area (Å²) in [6.45, 7) is 3.80. The molecule has 38 heavy (non-hydrogen) atoms. The first kappa shape index (κ1) is 25.7. The number of non-ortho nitro benzene ring substituents is 2. The number of benzene rings is 4. The molecular weight excluding hydrogens is 488 g/mol. The van der Waals surface area contributed by atoms with Crippen molar-refractivity contribution in [1.29, 1.82) is 0 Å². The molecule has 4 aromatic carbocycles. The summed E-state index contributed by atoms with van der Waals surface area (Å²) in [5, 5.41) is 27.5. The van der Waals surface area contributed by atoms with E-state index in [0.29, 0.717) is 11.4 Å². The summed E-state index contributed by atoms with van der Waals surface area (Å²) in [5.74, 6) is -0.915. The van der Waals surface area contributed by atoms with Crippen molar-refractivity contribution in [3.05, 3.63) is 127 Å². The van der Waals surface area contributed by atoms with E-state index in [1.807, 2.05) is 38.1 Å². The number of hydrogen-bond donors (Lipinski definition) is 2. The van der Waals surface area contributed by atoms with Gasteiger partial charge < -0.3 is 10.6 Å². The van der Waals surface area contributed by atoms with E-state index in [-0.39, 0.29) is 22.5 Å². The van der Waals surface area contributed by atoms with Crippen molar-refractivity contribution < 1.29 is 19.4 Å². The van der Waals surface area contributed by atoms with Crippen molar-refractivity contribution in [2.24, 2.45) is 0 Å². The zero-order valence-electron chi connectivity index (χ0n) is 20.4. The Morgan fingerprint density at radius 3 is 1.34 bits per heavy atom. The Labute approximate surface area is 217 Å². The first-order valence-corrected chi connectivity index (χ1v) is 11.5. The lowest BCUT2D eigenvalue weighted by Gasteiger charge is -2.14. The van der Waals surface area contributed by atoms with Gasteiger partial charge >= 0.3 is 0 Å². The minimum atomic E-state index is -0.553. The Morgan fingerprint density at radius 1 is 0.605 bits per heavy atom. The van der Waals surface area contributed by atoms with E-state index in [9.17, 15) is 29.8 Å². The molecule has 0 bridgehead atoms. The molecule has 190 valence electrons. The molecule has 10 heteroatoms. The SMILES string of the molecule is Cc1cc(NC(=O)c2cccc([N+](=O)[O-])c2)ccc1-c1ccc(NC(=O)c2cccc([N+](=O)[O-])c2)cc1C. The highest BCUT2D eigenvalue weighted by Gasteiger charge is 2.15. The van der Waals surface area contributed by atoms with Gasteiger partial charge in [-0.2, -0.15) is 0 Å². The number of nitro benzene ring substituents is 2. The van der Waals surface area contributed by atoms with E-state index in [2.05, 4.69) is 10.6 Å². The van der Waals surface area contributed by atoms with E-state index in [4.69, 9.17) is 0 Å². The summed E-state index contributed by atoms with van der Waals surface area (Å²) in [4.78, 5) is 46.0. The van der Waals surface area contributed by atoms with Crippen LogP contribution in [-0.4, -0.2) is 21.7 Å². The third-order valence-corrected chi connectivity index (χ3v) is 5.90. The van der Waals surface area contributed by atoms with Crippen molar-refractivity contribution in [2.75, 3.05) is 10.6 Å². The topological polar surface area (TPSA) is 144 Å². The lowest BCUT2D eigenvalue weighted by atomic mass is 9.95. The van der Waals surface area contributed by atoms with Crippen LogP contribution in [0.3, 0.4) is 0 Å². The quantitative estimate of drug-likeness (QED) is 0.221. The van der Waals surface area contributed by atoms with Crippen LogP contribution in [0.5, 0.6) is 0 Å². The fourth-order valence-electron chi connectivity index (χ4n) is 4.02. The van der Waals surface area contributed by atoms with Crippen LogP contribution in [0.15, 0.2) is 84.9 Å². The van der Waals surface area contributed by atoms with Crippen LogP contribution < -0.4 is 10.6 Å². The van der Waals surface area contributed by atoms with Crippen LogP contribution in [0.25, 0.3) is 11.1 Å².